The van der Waals surface area contributed by atoms with Crippen molar-refractivity contribution in [1.82, 2.24) is 10.2 Å². The Morgan fingerprint density at radius 1 is 1.38 bits per heavy atom. The van der Waals surface area contributed by atoms with E-state index in [0.717, 1.165) is 12.1 Å². The Bertz CT molecular complexity index is 501. The lowest BCUT2D eigenvalue weighted by atomic mass is 10.1. The summed E-state index contributed by atoms with van der Waals surface area (Å²) in [5, 5.41) is 2.59. The molecule has 1 amide bonds. The summed E-state index contributed by atoms with van der Waals surface area (Å²) in [5.41, 5.74) is 3.86. The number of nitrogens with one attached hydrogen (secondary N) is 1. The van der Waals surface area contributed by atoms with Crippen LogP contribution in [0.15, 0.2) is 18.2 Å². The zero-order valence-electron chi connectivity index (χ0n) is 12.3. The monoisotopic (exact) mass is 303 g/mol. The van der Waals surface area contributed by atoms with E-state index in [2.05, 4.69) is 5.32 Å². The molecule has 7 heteroatoms. The van der Waals surface area contributed by atoms with Crippen LogP contribution >= 0.6 is 0 Å². The van der Waals surface area contributed by atoms with Crippen molar-refractivity contribution in [3.63, 3.8) is 0 Å². The average Bonchev–Trinajstić information content (AvgIpc) is 2.37. The van der Waals surface area contributed by atoms with E-state index in [1.165, 1.54) is 6.07 Å². The second-order valence-corrected chi connectivity index (χ2v) is 5.13. The summed E-state index contributed by atoms with van der Waals surface area (Å²) in [5.74, 6) is -0.544. The predicted octanol–water partition coefficient (Wildman–Crippen LogP) is 2.36. The minimum absolute atomic E-state index is 0.0521. The zero-order chi connectivity index (χ0) is 16.2. The van der Waals surface area contributed by atoms with Gasteiger partial charge in [0, 0.05) is 30.4 Å². The van der Waals surface area contributed by atoms with Crippen LogP contribution in [0, 0.1) is 0 Å². The average molecular weight is 303 g/mol. The maximum atomic E-state index is 12.7. The molecule has 21 heavy (non-hydrogen) atoms. The van der Waals surface area contributed by atoms with Crippen LogP contribution in [-0.4, -0.2) is 37.0 Å². The fourth-order valence-electron chi connectivity index (χ4n) is 1.65. The van der Waals surface area contributed by atoms with E-state index in [4.69, 9.17) is 5.73 Å². The van der Waals surface area contributed by atoms with E-state index < -0.39 is 23.3 Å². The number of carbonyl (C=O) groups is 1. The predicted molar refractivity (Wildman–Crippen MR) is 76.0 cm³/mol. The molecule has 0 fully saturated rings. The van der Waals surface area contributed by atoms with E-state index in [-0.39, 0.29) is 5.56 Å². The molecule has 0 heterocycles. The summed E-state index contributed by atoms with van der Waals surface area (Å²) < 4.78 is 38.2. The minimum atomic E-state index is -4.57. The van der Waals surface area contributed by atoms with Gasteiger partial charge in [-0.25, -0.2) is 0 Å². The van der Waals surface area contributed by atoms with Gasteiger partial charge in [0.2, 0.25) is 0 Å². The molecule has 1 rings (SSSR count). The lowest BCUT2D eigenvalue weighted by Gasteiger charge is -2.21. The minimum Gasteiger partial charge on any atom is -0.398 e. The topological polar surface area (TPSA) is 58.4 Å². The number of amides is 1. The summed E-state index contributed by atoms with van der Waals surface area (Å²) in [6.45, 7) is 5.00. The Morgan fingerprint density at radius 3 is 2.52 bits per heavy atom. The van der Waals surface area contributed by atoms with Crippen LogP contribution in [-0.2, 0) is 6.18 Å². The van der Waals surface area contributed by atoms with Crippen molar-refractivity contribution in [2.75, 3.05) is 25.9 Å². The highest BCUT2D eigenvalue weighted by atomic mass is 19.4. The lowest BCUT2D eigenvalue weighted by Crippen LogP contribution is -2.36. The van der Waals surface area contributed by atoms with Crippen molar-refractivity contribution in [1.29, 1.82) is 0 Å². The van der Waals surface area contributed by atoms with Crippen LogP contribution < -0.4 is 11.1 Å². The van der Waals surface area contributed by atoms with Gasteiger partial charge in [-0.15, -0.1) is 0 Å². The molecule has 1 aromatic rings. The number of hydrogen-bond donors (Lipinski definition) is 2. The first-order valence-corrected chi connectivity index (χ1v) is 6.58. The van der Waals surface area contributed by atoms with E-state index in [0.29, 0.717) is 19.1 Å². The molecule has 0 aliphatic heterocycles. The lowest BCUT2D eigenvalue weighted by molar-refractivity contribution is -0.136. The number of likely N-dealkylation sites (N-methyl/N-ethyl adjacent to an activating group) is 1. The number of nitrogens with two attached hydrogens (primary N) is 1. The standard InChI is InChI=1S/C14H20F3N3O/c1-9(2)20(3)7-6-19-13(21)10-4-5-12(18)11(8-10)14(15,16)17/h4-5,8-9H,6-7,18H2,1-3H3,(H,19,21). The Hall–Kier alpha value is -1.76. The highest BCUT2D eigenvalue weighted by molar-refractivity contribution is 5.94. The Kier molecular flexibility index (Phi) is 5.60. The number of nitrogen functional groups attached to an aromatic ring is 1. The molecule has 0 aliphatic carbocycles. The smallest absolute Gasteiger partial charge is 0.398 e. The highest BCUT2D eigenvalue weighted by Gasteiger charge is 2.33. The van der Waals surface area contributed by atoms with Gasteiger partial charge in [-0.3, -0.25) is 4.79 Å². The van der Waals surface area contributed by atoms with Gasteiger partial charge < -0.3 is 16.0 Å². The van der Waals surface area contributed by atoms with Crippen LogP contribution in [0.4, 0.5) is 18.9 Å². The van der Waals surface area contributed by atoms with E-state index >= 15 is 0 Å². The van der Waals surface area contributed by atoms with Crippen LogP contribution in [0.1, 0.15) is 29.8 Å². The third kappa shape index (κ3) is 4.93. The van der Waals surface area contributed by atoms with Gasteiger partial charge in [0.05, 0.1) is 5.56 Å². The largest absolute Gasteiger partial charge is 0.418 e. The molecule has 0 spiro atoms. The van der Waals surface area contributed by atoms with Crippen molar-refractivity contribution >= 4 is 11.6 Å². The fourth-order valence-corrected chi connectivity index (χ4v) is 1.65. The molecule has 0 saturated heterocycles. The quantitative estimate of drug-likeness (QED) is 0.821. The second-order valence-electron chi connectivity index (χ2n) is 5.13. The number of alkyl halides is 3. The normalized spacial score (nSPS) is 12.0. The van der Waals surface area contributed by atoms with E-state index in [9.17, 15) is 18.0 Å². The van der Waals surface area contributed by atoms with Crippen molar-refractivity contribution in [2.45, 2.75) is 26.1 Å². The Morgan fingerprint density at radius 2 is 2.00 bits per heavy atom. The molecular weight excluding hydrogens is 283 g/mol. The van der Waals surface area contributed by atoms with Gasteiger partial charge in [0.1, 0.15) is 0 Å². The van der Waals surface area contributed by atoms with Crippen molar-refractivity contribution in [3.05, 3.63) is 29.3 Å². The number of carbonyl (C=O) groups excluding carboxylic acids is 1. The molecule has 118 valence electrons. The van der Waals surface area contributed by atoms with Gasteiger partial charge in [0.15, 0.2) is 0 Å². The summed E-state index contributed by atoms with van der Waals surface area (Å²) in [6.07, 6.45) is -4.57. The van der Waals surface area contributed by atoms with E-state index in [1.807, 2.05) is 25.8 Å². The number of benzene rings is 1. The molecule has 1 aromatic carbocycles. The molecule has 4 nitrogen and oxygen atoms in total. The molecule has 0 saturated carbocycles. The second kappa shape index (κ2) is 6.80. The third-order valence-electron chi connectivity index (χ3n) is 3.25. The van der Waals surface area contributed by atoms with Gasteiger partial charge in [0.25, 0.3) is 5.91 Å². The summed E-state index contributed by atoms with van der Waals surface area (Å²) in [4.78, 5) is 13.9. The summed E-state index contributed by atoms with van der Waals surface area (Å²) >= 11 is 0. The van der Waals surface area contributed by atoms with Gasteiger partial charge in [-0.05, 0) is 39.1 Å². The van der Waals surface area contributed by atoms with Gasteiger partial charge >= 0.3 is 6.18 Å². The van der Waals surface area contributed by atoms with Crippen molar-refractivity contribution < 1.29 is 18.0 Å². The first-order valence-electron chi connectivity index (χ1n) is 6.58. The van der Waals surface area contributed by atoms with Crippen LogP contribution in [0.5, 0.6) is 0 Å². The molecule has 0 bridgehead atoms. The molecule has 3 N–H and O–H groups in total. The van der Waals surface area contributed by atoms with Crippen molar-refractivity contribution in [3.8, 4) is 0 Å². The molecule has 0 aromatic heterocycles. The van der Waals surface area contributed by atoms with E-state index in [1.54, 1.807) is 0 Å². The number of halogens is 3. The fraction of sp³-hybridized carbons (Fsp3) is 0.500. The number of hydrogen-bond acceptors (Lipinski definition) is 3. The molecule has 0 aliphatic rings. The first kappa shape index (κ1) is 17.3. The maximum absolute atomic E-state index is 12.7. The SMILES string of the molecule is CC(C)N(C)CCNC(=O)c1ccc(N)c(C(F)(F)F)c1. The highest BCUT2D eigenvalue weighted by Crippen LogP contribution is 2.33. The molecular formula is C14H20F3N3O. The Labute approximate surface area is 122 Å². The van der Waals surface area contributed by atoms with Crippen LogP contribution in [0.25, 0.3) is 0 Å². The van der Waals surface area contributed by atoms with Crippen LogP contribution in [0.3, 0.4) is 0 Å². The van der Waals surface area contributed by atoms with Crippen molar-refractivity contribution in [2.24, 2.45) is 0 Å². The first-order chi connectivity index (χ1) is 9.62. The summed E-state index contributed by atoms with van der Waals surface area (Å²) in [6, 6.07) is 3.48. The maximum Gasteiger partial charge on any atom is 0.418 e. The number of nitrogens with zero attached hydrogens (tertiary/aromatic N) is 1. The summed E-state index contributed by atoms with van der Waals surface area (Å²) in [7, 11) is 1.90. The Balaban J connectivity index is 2.71. The van der Waals surface area contributed by atoms with Gasteiger partial charge in [-0.2, -0.15) is 13.2 Å². The molecule has 0 unspecified atom stereocenters. The number of anilines is 1. The van der Waals surface area contributed by atoms with Crippen LogP contribution in [0.2, 0.25) is 0 Å². The molecule has 0 atom stereocenters. The van der Waals surface area contributed by atoms with Gasteiger partial charge in [-0.1, -0.05) is 0 Å². The zero-order valence-corrected chi connectivity index (χ0v) is 12.3. The third-order valence-corrected chi connectivity index (χ3v) is 3.25. The number of rotatable bonds is 5. The molecule has 0 radical (unpaired) electrons.